The van der Waals surface area contributed by atoms with Gasteiger partial charge in [-0.25, -0.2) is 0 Å². The zero-order valence-corrected chi connectivity index (χ0v) is 9.96. The molecule has 0 radical (unpaired) electrons. The second-order valence-corrected chi connectivity index (χ2v) is 4.60. The van der Waals surface area contributed by atoms with Crippen LogP contribution in [0.2, 0.25) is 0 Å². The molecule has 1 aromatic carbocycles. The lowest BCUT2D eigenvalue weighted by molar-refractivity contribution is 0.310. The first-order chi connectivity index (χ1) is 6.66. The highest BCUT2D eigenvalue weighted by Gasteiger charge is 2.29. The van der Waals surface area contributed by atoms with E-state index in [0.717, 1.165) is 26.1 Å². The van der Waals surface area contributed by atoms with Crippen molar-refractivity contribution in [3.05, 3.63) is 35.9 Å². The second kappa shape index (κ2) is 4.97. The van der Waals surface area contributed by atoms with E-state index in [1.165, 1.54) is 5.56 Å². The van der Waals surface area contributed by atoms with Crippen molar-refractivity contribution in [1.29, 1.82) is 0 Å². The molecule has 1 saturated heterocycles. The minimum Gasteiger partial charge on any atom is -0.324 e. The highest BCUT2D eigenvalue weighted by atomic mass is 35.5. The van der Waals surface area contributed by atoms with E-state index in [9.17, 15) is 0 Å². The Balaban J connectivity index is 0.00000112. The Bertz CT molecular complexity index is 298. The van der Waals surface area contributed by atoms with E-state index >= 15 is 0 Å². The Labute approximate surface area is 97.9 Å². The summed E-state index contributed by atoms with van der Waals surface area (Å²) in [7, 11) is 0. The fourth-order valence-corrected chi connectivity index (χ4v) is 2.06. The largest absolute Gasteiger partial charge is 0.324 e. The van der Waals surface area contributed by atoms with E-state index in [1.807, 2.05) is 0 Å². The van der Waals surface area contributed by atoms with Crippen LogP contribution in [-0.2, 0) is 6.54 Å². The molecular weight excluding hydrogens is 208 g/mol. The Hall–Kier alpha value is -0.570. The number of halogens is 1. The molecule has 0 aromatic heterocycles. The molecule has 0 spiro atoms. The lowest BCUT2D eigenvalue weighted by atomic mass is 10.0. The van der Waals surface area contributed by atoms with Crippen LogP contribution in [0.1, 0.15) is 18.9 Å². The second-order valence-electron chi connectivity index (χ2n) is 4.60. The van der Waals surface area contributed by atoms with Gasteiger partial charge in [-0.15, -0.1) is 12.4 Å². The van der Waals surface area contributed by atoms with Gasteiger partial charge in [0.05, 0.1) is 0 Å². The molecule has 2 nitrogen and oxygen atoms in total. The minimum atomic E-state index is 0. The Morgan fingerprint density at radius 3 is 2.53 bits per heavy atom. The molecule has 0 saturated carbocycles. The molecule has 1 aliphatic heterocycles. The number of hydrogen-bond donors (Lipinski definition) is 1. The number of nitrogens with zero attached hydrogens (tertiary/aromatic N) is 1. The monoisotopic (exact) mass is 226 g/mol. The van der Waals surface area contributed by atoms with Crippen LogP contribution >= 0.6 is 12.4 Å². The summed E-state index contributed by atoms with van der Waals surface area (Å²) in [4.78, 5) is 2.43. The summed E-state index contributed by atoms with van der Waals surface area (Å²) >= 11 is 0. The number of nitrogens with two attached hydrogens (primary N) is 1. The Morgan fingerprint density at radius 1 is 1.33 bits per heavy atom. The number of likely N-dealkylation sites (tertiary alicyclic amines) is 1. The third-order valence-electron chi connectivity index (χ3n) is 2.83. The fraction of sp³-hybridized carbons (Fsp3) is 0.500. The average molecular weight is 227 g/mol. The molecule has 1 aromatic rings. The van der Waals surface area contributed by atoms with Crippen LogP contribution in [0.3, 0.4) is 0 Å². The van der Waals surface area contributed by atoms with E-state index in [2.05, 4.69) is 42.2 Å². The van der Waals surface area contributed by atoms with Crippen molar-refractivity contribution in [3.8, 4) is 0 Å². The quantitative estimate of drug-likeness (QED) is 0.836. The molecule has 1 atom stereocenters. The van der Waals surface area contributed by atoms with Gasteiger partial charge in [-0.2, -0.15) is 0 Å². The molecule has 15 heavy (non-hydrogen) atoms. The van der Waals surface area contributed by atoms with Gasteiger partial charge in [0.25, 0.3) is 0 Å². The van der Waals surface area contributed by atoms with Crippen molar-refractivity contribution in [3.63, 3.8) is 0 Å². The highest BCUT2D eigenvalue weighted by Crippen LogP contribution is 2.19. The summed E-state index contributed by atoms with van der Waals surface area (Å²) in [6.07, 6.45) is 1.11. The maximum atomic E-state index is 6.08. The zero-order chi connectivity index (χ0) is 10.0. The summed E-state index contributed by atoms with van der Waals surface area (Å²) in [5.41, 5.74) is 7.48. The molecule has 84 valence electrons. The first kappa shape index (κ1) is 12.5. The fourth-order valence-electron chi connectivity index (χ4n) is 2.06. The van der Waals surface area contributed by atoms with Gasteiger partial charge in [-0.05, 0) is 18.9 Å². The van der Waals surface area contributed by atoms with Crippen molar-refractivity contribution < 1.29 is 0 Å². The van der Waals surface area contributed by atoms with E-state index < -0.39 is 0 Å². The van der Waals surface area contributed by atoms with Gasteiger partial charge in [-0.1, -0.05) is 30.3 Å². The number of rotatable bonds is 2. The van der Waals surface area contributed by atoms with Crippen LogP contribution in [0.15, 0.2) is 30.3 Å². The summed E-state index contributed by atoms with van der Waals surface area (Å²) < 4.78 is 0. The van der Waals surface area contributed by atoms with E-state index in [1.54, 1.807) is 0 Å². The van der Waals surface area contributed by atoms with Crippen molar-refractivity contribution in [2.75, 3.05) is 13.1 Å². The van der Waals surface area contributed by atoms with Gasteiger partial charge in [-0.3, -0.25) is 4.90 Å². The highest BCUT2D eigenvalue weighted by molar-refractivity contribution is 5.85. The summed E-state index contributed by atoms with van der Waals surface area (Å²) in [6.45, 7) is 5.31. The summed E-state index contributed by atoms with van der Waals surface area (Å²) in [5.74, 6) is 0. The van der Waals surface area contributed by atoms with E-state index in [0.29, 0.717) is 0 Å². The van der Waals surface area contributed by atoms with Gasteiger partial charge >= 0.3 is 0 Å². The first-order valence-electron chi connectivity index (χ1n) is 5.21. The van der Waals surface area contributed by atoms with Gasteiger partial charge in [0.1, 0.15) is 0 Å². The smallest absolute Gasteiger partial charge is 0.0267 e. The van der Waals surface area contributed by atoms with Crippen molar-refractivity contribution in [2.24, 2.45) is 5.73 Å². The molecular formula is C12H19ClN2. The van der Waals surface area contributed by atoms with Crippen LogP contribution in [0.4, 0.5) is 0 Å². The topological polar surface area (TPSA) is 29.3 Å². The average Bonchev–Trinajstić information content (AvgIpc) is 2.47. The predicted molar refractivity (Wildman–Crippen MR) is 66.2 cm³/mol. The Morgan fingerprint density at radius 2 is 2.00 bits per heavy atom. The maximum absolute atomic E-state index is 6.08. The number of benzene rings is 1. The third kappa shape index (κ3) is 3.49. The lowest BCUT2D eigenvalue weighted by Gasteiger charge is -2.19. The van der Waals surface area contributed by atoms with Crippen LogP contribution in [0.25, 0.3) is 0 Å². The van der Waals surface area contributed by atoms with Crippen LogP contribution in [-0.4, -0.2) is 23.5 Å². The summed E-state index contributed by atoms with van der Waals surface area (Å²) in [5, 5.41) is 0. The molecule has 1 unspecified atom stereocenters. The van der Waals surface area contributed by atoms with E-state index in [-0.39, 0.29) is 17.9 Å². The SMILES string of the molecule is CC1(N)CCN(Cc2ccccc2)C1.Cl. The normalized spacial score (nSPS) is 26.3. The van der Waals surface area contributed by atoms with E-state index in [4.69, 9.17) is 5.73 Å². The molecule has 1 aliphatic rings. The first-order valence-corrected chi connectivity index (χ1v) is 5.21. The zero-order valence-electron chi connectivity index (χ0n) is 9.15. The van der Waals surface area contributed by atoms with Crippen molar-refractivity contribution >= 4 is 12.4 Å². The molecule has 2 N–H and O–H groups in total. The molecule has 0 bridgehead atoms. The van der Waals surface area contributed by atoms with Gasteiger partial charge in [0, 0.05) is 25.2 Å². The standard InChI is InChI=1S/C12H18N2.ClH/c1-12(13)7-8-14(10-12)9-11-5-3-2-4-6-11;/h2-6H,7-10,13H2,1H3;1H. The van der Waals surface area contributed by atoms with Gasteiger partial charge < -0.3 is 5.73 Å². The Kier molecular flexibility index (Phi) is 4.14. The molecule has 3 heteroatoms. The molecule has 0 aliphatic carbocycles. The van der Waals surface area contributed by atoms with Crippen LogP contribution < -0.4 is 5.73 Å². The number of hydrogen-bond acceptors (Lipinski definition) is 2. The lowest BCUT2D eigenvalue weighted by Crippen LogP contribution is -2.38. The predicted octanol–water partition coefficient (Wildman–Crippen LogP) is 2.03. The summed E-state index contributed by atoms with van der Waals surface area (Å²) in [6, 6.07) is 10.6. The van der Waals surface area contributed by atoms with Crippen molar-refractivity contribution in [2.45, 2.75) is 25.4 Å². The molecule has 1 heterocycles. The molecule has 2 rings (SSSR count). The molecule has 1 fully saturated rings. The van der Waals surface area contributed by atoms with Crippen LogP contribution in [0, 0.1) is 0 Å². The molecule has 0 amide bonds. The minimum absolute atomic E-state index is 0. The maximum Gasteiger partial charge on any atom is 0.0267 e. The van der Waals surface area contributed by atoms with Gasteiger partial charge in [0.15, 0.2) is 0 Å². The van der Waals surface area contributed by atoms with Crippen molar-refractivity contribution in [1.82, 2.24) is 4.90 Å². The van der Waals surface area contributed by atoms with Gasteiger partial charge in [0.2, 0.25) is 0 Å². The third-order valence-corrected chi connectivity index (χ3v) is 2.83. The van der Waals surface area contributed by atoms with Crippen LogP contribution in [0.5, 0.6) is 0 Å².